The summed E-state index contributed by atoms with van der Waals surface area (Å²) >= 11 is 0. The summed E-state index contributed by atoms with van der Waals surface area (Å²) in [5.74, 6) is -3.65. The molecule has 2 aliphatic rings. The van der Waals surface area contributed by atoms with Gasteiger partial charge < -0.3 is 9.30 Å². The molecule has 3 aromatic rings. The van der Waals surface area contributed by atoms with Gasteiger partial charge in [-0.3, -0.25) is 9.88 Å². The average molecular weight is 481 g/mol. The van der Waals surface area contributed by atoms with Gasteiger partial charge in [-0.05, 0) is 31.0 Å². The third kappa shape index (κ3) is 4.20. The summed E-state index contributed by atoms with van der Waals surface area (Å²) < 4.78 is 37.5. The first kappa shape index (κ1) is 23.1. The number of nitriles is 1. The van der Waals surface area contributed by atoms with E-state index in [4.69, 9.17) is 4.74 Å². The van der Waals surface area contributed by atoms with Gasteiger partial charge in [0, 0.05) is 24.3 Å². The fraction of sp³-hybridized carbons (Fsp3) is 0.480. The van der Waals surface area contributed by atoms with Crippen LogP contribution in [0.4, 0.5) is 19.4 Å². The summed E-state index contributed by atoms with van der Waals surface area (Å²) in [6, 6.07) is 7.07. The Morgan fingerprint density at radius 3 is 2.69 bits per heavy atom. The van der Waals surface area contributed by atoms with E-state index in [9.17, 15) is 10.1 Å². The van der Waals surface area contributed by atoms with E-state index in [1.165, 1.54) is 17.4 Å². The van der Waals surface area contributed by atoms with Gasteiger partial charge in [0.1, 0.15) is 5.60 Å². The second-order valence-corrected chi connectivity index (χ2v) is 10.5. The van der Waals surface area contributed by atoms with Gasteiger partial charge in [0.2, 0.25) is 0 Å². The maximum absolute atomic E-state index is 15.1. The van der Waals surface area contributed by atoms with Crippen molar-refractivity contribution in [3.63, 3.8) is 0 Å². The number of rotatable bonds is 3. The van der Waals surface area contributed by atoms with Gasteiger partial charge in [0.15, 0.2) is 5.82 Å². The van der Waals surface area contributed by atoms with Crippen molar-refractivity contribution in [3.8, 4) is 6.07 Å². The van der Waals surface area contributed by atoms with Crippen LogP contribution >= 0.6 is 0 Å². The molecule has 2 fully saturated rings. The second kappa shape index (κ2) is 7.97. The summed E-state index contributed by atoms with van der Waals surface area (Å²) in [7, 11) is 0. The lowest BCUT2D eigenvalue weighted by Gasteiger charge is -2.40. The fourth-order valence-corrected chi connectivity index (χ4v) is 4.89. The molecule has 1 saturated heterocycles. The first-order chi connectivity index (χ1) is 16.5. The van der Waals surface area contributed by atoms with Crippen LogP contribution in [0.15, 0.2) is 36.9 Å². The first-order valence-electron chi connectivity index (χ1n) is 11.6. The molecule has 5 rings (SSSR count). The molecular formula is C25H26F2N6O2. The van der Waals surface area contributed by atoms with Crippen LogP contribution in [0.2, 0.25) is 0 Å². The van der Waals surface area contributed by atoms with Crippen LogP contribution in [0, 0.1) is 17.2 Å². The normalized spacial score (nSPS) is 24.1. The zero-order valence-electron chi connectivity index (χ0n) is 19.8. The predicted molar refractivity (Wildman–Crippen MR) is 124 cm³/mol. The van der Waals surface area contributed by atoms with Crippen molar-refractivity contribution in [3.05, 3.63) is 48.2 Å². The Kier molecular flexibility index (Phi) is 5.27. The molecule has 0 bridgehead atoms. The van der Waals surface area contributed by atoms with Crippen molar-refractivity contribution in [2.24, 2.45) is 5.92 Å². The van der Waals surface area contributed by atoms with Crippen LogP contribution in [-0.2, 0) is 16.7 Å². The van der Waals surface area contributed by atoms with Crippen molar-refractivity contribution in [2.75, 3.05) is 11.4 Å². The van der Waals surface area contributed by atoms with Crippen molar-refractivity contribution in [1.82, 2.24) is 19.5 Å². The van der Waals surface area contributed by atoms with E-state index in [1.54, 1.807) is 29.0 Å². The number of anilines is 1. The highest BCUT2D eigenvalue weighted by atomic mass is 19.3. The van der Waals surface area contributed by atoms with Crippen LogP contribution in [0.25, 0.3) is 11.0 Å². The number of imidazole rings is 1. The number of nitrogens with zero attached hydrogens (tertiary/aromatic N) is 6. The Balaban J connectivity index is 1.38. The number of alkyl halides is 2. The molecule has 3 heterocycles. The Bertz CT molecular complexity index is 1320. The summed E-state index contributed by atoms with van der Waals surface area (Å²) in [5, 5.41) is 9.21. The first-order valence-corrected chi connectivity index (χ1v) is 11.6. The Morgan fingerprint density at radius 2 is 2.00 bits per heavy atom. The largest absolute Gasteiger partial charge is 0.441 e. The van der Waals surface area contributed by atoms with E-state index in [-0.39, 0.29) is 37.8 Å². The molecule has 1 amide bonds. The second-order valence-electron chi connectivity index (χ2n) is 10.5. The Labute approximate surface area is 201 Å². The molecular weight excluding hydrogens is 454 g/mol. The van der Waals surface area contributed by atoms with Gasteiger partial charge in [-0.25, -0.2) is 23.5 Å². The highest BCUT2D eigenvalue weighted by Gasteiger charge is 2.56. The number of amides is 1. The minimum atomic E-state index is -2.93. The van der Waals surface area contributed by atoms with Crippen LogP contribution < -0.4 is 4.90 Å². The van der Waals surface area contributed by atoms with Crippen LogP contribution in [0.5, 0.6) is 0 Å². The van der Waals surface area contributed by atoms with Crippen molar-refractivity contribution < 1.29 is 18.3 Å². The summed E-state index contributed by atoms with van der Waals surface area (Å²) in [4.78, 5) is 27.2. The lowest BCUT2D eigenvalue weighted by molar-refractivity contribution is -0.139. The predicted octanol–water partition coefficient (Wildman–Crippen LogP) is 4.83. The molecule has 2 aromatic heterocycles. The maximum Gasteiger partial charge on any atom is 0.416 e. The minimum absolute atomic E-state index is 0.00221. The molecule has 2 atom stereocenters. The molecule has 1 aliphatic heterocycles. The number of benzene rings is 1. The monoisotopic (exact) mass is 480 g/mol. The van der Waals surface area contributed by atoms with Crippen molar-refractivity contribution >= 4 is 22.9 Å². The van der Waals surface area contributed by atoms with E-state index < -0.39 is 23.5 Å². The number of carbonyl (C=O) groups is 1. The maximum atomic E-state index is 15.1. The molecule has 0 unspecified atom stereocenters. The number of hydrogen-bond acceptors (Lipinski definition) is 6. The summed E-state index contributed by atoms with van der Waals surface area (Å²) in [6.45, 7) is 6.19. The van der Waals surface area contributed by atoms with Crippen molar-refractivity contribution in [1.29, 1.82) is 5.26 Å². The number of carbonyl (C=O) groups excluding carboxylic acids is 1. The number of fused-ring (bicyclic) bond motifs is 1. The van der Waals surface area contributed by atoms with Gasteiger partial charge in [-0.15, -0.1) is 0 Å². The molecule has 1 aromatic carbocycles. The van der Waals surface area contributed by atoms with Gasteiger partial charge in [-0.1, -0.05) is 20.8 Å². The quantitative estimate of drug-likeness (QED) is 0.533. The summed E-state index contributed by atoms with van der Waals surface area (Å²) in [6.07, 6.45) is 3.76. The molecule has 0 N–H and O–H groups in total. The van der Waals surface area contributed by atoms with Gasteiger partial charge in [0.25, 0.3) is 5.92 Å². The van der Waals surface area contributed by atoms with E-state index in [1.807, 2.05) is 20.8 Å². The van der Waals surface area contributed by atoms with Gasteiger partial charge in [-0.2, -0.15) is 5.26 Å². The highest BCUT2D eigenvalue weighted by Crippen LogP contribution is 2.48. The molecule has 1 aliphatic carbocycles. The Morgan fingerprint density at radius 1 is 1.20 bits per heavy atom. The standard InChI is InChI=1S/C25H26F2N6O2/c1-23(2,3)20-11-30-21(12-29-20)33-14-24(35-22(33)34)6-7-25(26,27)17(9-24)13-32-15-31-18-5-4-16(10-28)8-19(18)32/h4-5,8,11-12,15,17H,6-7,9,13-14H2,1-3H3/t17-,24+/m0/s1. The number of aromatic nitrogens is 4. The SMILES string of the molecule is CC(C)(C)c1cnc(N2C[C@]3(CCC(F)(F)[C@H](Cn4cnc5ccc(C#N)cc54)C3)OC2=O)cn1. The zero-order chi connectivity index (χ0) is 25.0. The molecule has 35 heavy (non-hydrogen) atoms. The smallest absolute Gasteiger partial charge is 0.416 e. The molecule has 1 spiro atoms. The van der Waals surface area contributed by atoms with Gasteiger partial charge in [0.05, 0.1) is 53.6 Å². The van der Waals surface area contributed by atoms with Crippen LogP contribution in [-0.4, -0.2) is 43.7 Å². The van der Waals surface area contributed by atoms with Crippen molar-refractivity contribution in [2.45, 2.75) is 63.5 Å². The number of ether oxygens (including phenoxy) is 1. The Hall–Kier alpha value is -3.61. The molecule has 0 radical (unpaired) electrons. The third-order valence-electron chi connectivity index (χ3n) is 6.95. The van der Waals surface area contributed by atoms with E-state index >= 15 is 8.78 Å². The topological polar surface area (TPSA) is 96.9 Å². The average Bonchev–Trinajstić information content (AvgIpc) is 3.36. The van der Waals surface area contributed by atoms with E-state index in [0.717, 1.165) is 5.69 Å². The minimum Gasteiger partial charge on any atom is -0.441 e. The lowest BCUT2D eigenvalue weighted by atomic mass is 9.75. The van der Waals surface area contributed by atoms with Crippen LogP contribution in [0.3, 0.4) is 0 Å². The number of hydrogen-bond donors (Lipinski definition) is 0. The third-order valence-corrected chi connectivity index (χ3v) is 6.95. The fourth-order valence-electron chi connectivity index (χ4n) is 4.89. The highest BCUT2D eigenvalue weighted by molar-refractivity contribution is 5.89. The van der Waals surface area contributed by atoms with E-state index in [0.29, 0.717) is 22.4 Å². The molecule has 182 valence electrons. The number of halogens is 2. The van der Waals surface area contributed by atoms with E-state index in [2.05, 4.69) is 21.0 Å². The molecule has 1 saturated carbocycles. The zero-order valence-corrected chi connectivity index (χ0v) is 19.8. The lowest BCUT2D eigenvalue weighted by Crippen LogP contribution is -2.48. The molecule has 8 nitrogen and oxygen atoms in total. The van der Waals surface area contributed by atoms with Gasteiger partial charge >= 0.3 is 6.09 Å². The summed E-state index contributed by atoms with van der Waals surface area (Å²) in [5.41, 5.74) is 1.26. The molecule has 10 heteroatoms. The van der Waals surface area contributed by atoms with Crippen LogP contribution in [0.1, 0.15) is 51.3 Å².